The van der Waals surface area contributed by atoms with E-state index in [1.54, 1.807) is 6.08 Å². The van der Waals surface area contributed by atoms with Crippen molar-refractivity contribution >= 4 is 73.7 Å². The fourth-order valence-electron chi connectivity index (χ4n) is 2.01. The van der Waals surface area contributed by atoms with Crippen LogP contribution >= 0.6 is 67.8 Å². The summed E-state index contributed by atoms with van der Waals surface area (Å²) in [6.07, 6.45) is 19.4. The normalized spacial score (nSPS) is 16.3. The van der Waals surface area contributed by atoms with Crippen LogP contribution in [0.5, 0.6) is 0 Å². The topological polar surface area (TPSA) is 37.3 Å². The lowest BCUT2D eigenvalue weighted by molar-refractivity contribution is -0.131. The van der Waals surface area contributed by atoms with Crippen LogP contribution in [0.2, 0.25) is 0 Å². The molecule has 0 saturated heterocycles. The molecule has 0 heterocycles. The summed E-state index contributed by atoms with van der Waals surface area (Å²) in [6, 6.07) is 0. The van der Waals surface area contributed by atoms with Crippen molar-refractivity contribution in [2.24, 2.45) is 0 Å². The van der Waals surface area contributed by atoms with Crippen molar-refractivity contribution in [2.45, 2.75) is 63.6 Å². The lowest BCUT2D eigenvalue weighted by Gasteiger charge is -2.14. The van der Waals surface area contributed by atoms with E-state index in [1.165, 1.54) is 44.6 Å². The predicted molar refractivity (Wildman–Crippen MR) is 126 cm³/mol. The van der Waals surface area contributed by atoms with Gasteiger partial charge in [0.05, 0.1) is 0 Å². The number of hydrogen-bond acceptors (Lipinski definition) is 1. The van der Waals surface area contributed by atoms with E-state index in [2.05, 4.69) is 80.8 Å². The van der Waals surface area contributed by atoms with Crippen LogP contribution in [0.25, 0.3) is 0 Å². The molecule has 0 aliphatic heterocycles. The van der Waals surface area contributed by atoms with Crippen LogP contribution in [0, 0.1) is 0 Å². The maximum absolute atomic E-state index is 10.3. The summed E-state index contributed by atoms with van der Waals surface area (Å²) >= 11 is 7.74. The van der Waals surface area contributed by atoms with Crippen LogP contribution in [-0.2, 0) is 4.79 Å². The summed E-state index contributed by atoms with van der Waals surface area (Å²) in [5, 5.41) is 8.45. The SMILES string of the molecule is CCCC(I)CCC(I)CCC(I)CC=CC=CC=CC(=O)O. The molecule has 0 amide bonds. The molecule has 0 spiro atoms. The first-order valence-electron chi connectivity index (χ1n) is 8.10. The zero-order chi connectivity index (χ0) is 17.5. The Balaban J connectivity index is 3.77. The highest BCUT2D eigenvalue weighted by Gasteiger charge is 2.10. The van der Waals surface area contributed by atoms with Gasteiger partial charge in [-0.1, -0.05) is 111 Å². The Hall–Kier alpha value is 0.880. The summed E-state index contributed by atoms with van der Waals surface area (Å²) in [6.45, 7) is 2.26. The Labute approximate surface area is 182 Å². The van der Waals surface area contributed by atoms with Gasteiger partial charge in [-0.3, -0.25) is 0 Å². The van der Waals surface area contributed by atoms with E-state index in [9.17, 15) is 4.79 Å². The molecule has 0 rings (SSSR count). The van der Waals surface area contributed by atoms with Gasteiger partial charge in [-0.2, -0.15) is 0 Å². The first-order chi connectivity index (χ1) is 11.0. The molecule has 0 fully saturated rings. The third-order valence-corrected chi connectivity index (χ3v) is 6.91. The smallest absolute Gasteiger partial charge is 0.328 e. The Kier molecular flexibility index (Phi) is 17.0. The van der Waals surface area contributed by atoms with Crippen LogP contribution in [0.3, 0.4) is 0 Å². The molecule has 0 aliphatic carbocycles. The Morgan fingerprint density at radius 3 is 1.96 bits per heavy atom. The van der Waals surface area contributed by atoms with E-state index in [-0.39, 0.29) is 0 Å². The van der Waals surface area contributed by atoms with E-state index in [4.69, 9.17) is 5.11 Å². The molecule has 0 radical (unpaired) electrons. The second kappa shape index (κ2) is 16.4. The highest BCUT2D eigenvalue weighted by Crippen LogP contribution is 2.24. The Bertz CT molecular complexity index is 392. The van der Waals surface area contributed by atoms with Gasteiger partial charge in [0, 0.05) is 17.8 Å². The number of carboxylic acid groups (broad SMARTS) is 1. The first kappa shape index (κ1) is 23.9. The molecular formula is C18H27I3O2. The zero-order valence-corrected chi connectivity index (χ0v) is 20.1. The van der Waals surface area contributed by atoms with E-state index in [0.29, 0.717) is 3.92 Å². The van der Waals surface area contributed by atoms with Crippen LogP contribution in [0.15, 0.2) is 36.5 Å². The minimum atomic E-state index is -0.914. The monoisotopic (exact) mass is 656 g/mol. The molecular weight excluding hydrogens is 629 g/mol. The van der Waals surface area contributed by atoms with Gasteiger partial charge in [0.25, 0.3) is 0 Å². The van der Waals surface area contributed by atoms with Crippen molar-refractivity contribution < 1.29 is 9.90 Å². The minimum absolute atomic E-state index is 0.676. The van der Waals surface area contributed by atoms with E-state index in [0.717, 1.165) is 20.3 Å². The molecule has 0 aromatic rings. The van der Waals surface area contributed by atoms with Crippen LogP contribution in [0.4, 0.5) is 0 Å². The molecule has 0 aliphatic rings. The largest absolute Gasteiger partial charge is 0.478 e. The number of alkyl halides is 3. The molecule has 1 N–H and O–H groups in total. The average Bonchev–Trinajstić information content (AvgIpc) is 2.50. The van der Waals surface area contributed by atoms with Gasteiger partial charge in [-0.25, -0.2) is 4.79 Å². The Morgan fingerprint density at radius 2 is 1.39 bits per heavy atom. The fraction of sp³-hybridized carbons (Fsp3) is 0.611. The number of carbonyl (C=O) groups is 1. The molecule has 3 unspecified atom stereocenters. The van der Waals surface area contributed by atoms with Gasteiger partial charge < -0.3 is 5.11 Å². The van der Waals surface area contributed by atoms with Crippen molar-refractivity contribution in [3.63, 3.8) is 0 Å². The number of hydrogen-bond donors (Lipinski definition) is 1. The number of carboxylic acids is 1. The molecule has 0 saturated carbocycles. The van der Waals surface area contributed by atoms with E-state index >= 15 is 0 Å². The van der Waals surface area contributed by atoms with E-state index < -0.39 is 5.97 Å². The predicted octanol–water partition coefficient (Wildman–Crippen LogP) is 6.90. The molecule has 23 heavy (non-hydrogen) atoms. The van der Waals surface area contributed by atoms with Crippen molar-refractivity contribution in [1.82, 2.24) is 0 Å². The standard InChI is InChI=1S/C18H27I3O2/c1-2-8-15(19)11-13-17(21)14-12-16(20)9-6-4-3-5-7-10-18(22)23/h3-7,10,15-17H,2,8-9,11-14H2,1H3,(H,22,23). The maximum atomic E-state index is 10.3. The second-order valence-electron chi connectivity index (χ2n) is 5.48. The van der Waals surface area contributed by atoms with Crippen molar-refractivity contribution in [2.75, 3.05) is 0 Å². The molecule has 3 atom stereocenters. The van der Waals surface area contributed by atoms with Gasteiger partial charge in [0.15, 0.2) is 0 Å². The van der Waals surface area contributed by atoms with Crippen molar-refractivity contribution in [3.8, 4) is 0 Å². The molecule has 132 valence electrons. The molecule has 0 aromatic carbocycles. The number of aliphatic carboxylic acids is 1. The molecule has 0 bridgehead atoms. The number of allylic oxidation sites excluding steroid dienone is 5. The number of halogens is 3. The highest BCUT2D eigenvalue weighted by molar-refractivity contribution is 14.1. The summed E-state index contributed by atoms with van der Waals surface area (Å²) in [7, 11) is 0. The second-order valence-corrected chi connectivity index (χ2v) is 10.8. The molecule has 2 nitrogen and oxygen atoms in total. The average molecular weight is 656 g/mol. The molecule has 5 heteroatoms. The van der Waals surface area contributed by atoms with Crippen LogP contribution in [0.1, 0.15) is 51.9 Å². The summed E-state index contributed by atoms with van der Waals surface area (Å²) in [4.78, 5) is 10.3. The first-order valence-corrected chi connectivity index (χ1v) is 11.8. The van der Waals surface area contributed by atoms with Crippen molar-refractivity contribution in [1.29, 1.82) is 0 Å². The van der Waals surface area contributed by atoms with Gasteiger partial charge >= 0.3 is 5.97 Å². The maximum Gasteiger partial charge on any atom is 0.328 e. The quantitative estimate of drug-likeness (QED) is 0.101. The third-order valence-electron chi connectivity index (χ3n) is 3.29. The lowest BCUT2D eigenvalue weighted by atomic mass is 10.1. The summed E-state index contributed by atoms with van der Waals surface area (Å²) < 4.78 is 2.31. The van der Waals surface area contributed by atoms with Gasteiger partial charge in [-0.15, -0.1) is 0 Å². The van der Waals surface area contributed by atoms with Gasteiger partial charge in [0.2, 0.25) is 0 Å². The van der Waals surface area contributed by atoms with Gasteiger partial charge in [-0.05, 0) is 38.5 Å². The van der Waals surface area contributed by atoms with Crippen LogP contribution in [-0.4, -0.2) is 22.8 Å². The molecule has 0 aromatic heterocycles. The lowest BCUT2D eigenvalue weighted by Crippen LogP contribution is -2.06. The summed E-state index contributed by atoms with van der Waals surface area (Å²) in [5.74, 6) is -0.914. The van der Waals surface area contributed by atoms with Gasteiger partial charge in [0.1, 0.15) is 0 Å². The van der Waals surface area contributed by atoms with Crippen LogP contribution < -0.4 is 0 Å². The Morgan fingerprint density at radius 1 is 0.870 bits per heavy atom. The number of rotatable bonds is 13. The van der Waals surface area contributed by atoms with Crippen molar-refractivity contribution in [3.05, 3.63) is 36.5 Å². The third kappa shape index (κ3) is 17.5. The highest BCUT2D eigenvalue weighted by atomic mass is 127. The minimum Gasteiger partial charge on any atom is -0.478 e. The van der Waals surface area contributed by atoms with E-state index in [1.807, 2.05) is 12.2 Å². The summed E-state index contributed by atoms with van der Waals surface area (Å²) in [5.41, 5.74) is 0. The fourth-order valence-corrected chi connectivity index (χ4v) is 4.37. The zero-order valence-electron chi connectivity index (χ0n) is 13.6.